The van der Waals surface area contributed by atoms with E-state index in [4.69, 9.17) is 5.11 Å². The van der Waals surface area contributed by atoms with Crippen LogP contribution in [0.1, 0.15) is 19.8 Å². The number of carbonyl (C=O) groups excluding carboxylic acids is 1. The second-order valence-electron chi connectivity index (χ2n) is 3.24. The second kappa shape index (κ2) is 4.42. The van der Waals surface area contributed by atoms with Gasteiger partial charge in [0.1, 0.15) is 0 Å². The third-order valence-electron chi connectivity index (χ3n) is 1.94. The first-order valence-electron chi connectivity index (χ1n) is 4.39. The molecule has 1 heterocycles. The molecule has 12 heavy (non-hydrogen) atoms. The predicted molar refractivity (Wildman–Crippen MR) is 45.7 cm³/mol. The van der Waals surface area contributed by atoms with Crippen LogP contribution >= 0.6 is 0 Å². The zero-order valence-electron chi connectivity index (χ0n) is 7.34. The van der Waals surface area contributed by atoms with E-state index in [0.717, 1.165) is 19.4 Å². The molecule has 0 spiro atoms. The lowest BCUT2D eigenvalue weighted by atomic mass is 10.1. The monoisotopic (exact) mass is 172 g/mol. The number of rotatable bonds is 3. The Bertz CT molecular complexity index is 159. The highest BCUT2D eigenvalue weighted by Gasteiger charge is 2.20. The molecule has 2 unspecified atom stereocenters. The van der Waals surface area contributed by atoms with Gasteiger partial charge in [-0.2, -0.15) is 0 Å². The van der Waals surface area contributed by atoms with Gasteiger partial charge in [0.2, 0.25) is 5.91 Å². The predicted octanol–water partition coefficient (Wildman–Crippen LogP) is -0.765. The van der Waals surface area contributed by atoms with E-state index in [0.29, 0.717) is 6.54 Å². The molecule has 0 aromatic rings. The Balaban J connectivity index is 2.25. The standard InChI is InChI=1S/C8H16N2O2/c1-6(11)5-10-7-3-2-4-9-8(7)12/h6-7,10-11H,2-5H2,1H3,(H,9,12). The van der Waals surface area contributed by atoms with Crippen molar-refractivity contribution in [3.8, 4) is 0 Å². The first kappa shape index (κ1) is 9.48. The average molecular weight is 172 g/mol. The van der Waals surface area contributed by atoms with Gasteiger partial charge in [-0.1, -0.05) is 0 Å². The second-order valence-corrected chi connectivity index (χ2v) is 3.24. The van der Waals surface area contributed by atoms with E-state index >= 15 is 0 Å². The third kappa shape index (κ3) is 2.79. The molecule has 0 aromatic carbocycles. The van der Waals surface area contributed by atoms with Crippen molar-refractivity contribution in [2.75, 3.05) is 13.1 Å². The largest absolute Gasteiger partial charge is 0.392 e. The normalized spacial score (nSPS) is 26.5. The molecule has 1 rings (SSSR count). The van der Waals surface area contributed by atoms with Crippen molar-refractivity contribution in [2.45, 2.75) is 31.9 Å². The van der Waals surface area contributed by atoms with Gasteiger partial charge < -0.3 is 15.7 Å². The lowest BCUT2D eigenvalue weighted by molar-refractivity contribution is -0.124. The summed E-state index contributed by atoms with van der Waals surface area (Å²) in [6.07, 6.45) is 1.50. The first-order chi connectivity index (χ1) is 5.70. The van der Waals surface area contributed by atoms with E-state index < -0.39 is 0 Å². The van der Waals surface area contributed by atoms with Crippen LogP contribution in [0.25, 0.3) is 0 Å². The minimum Gasteiger partial charge on any atom is -0.392 e. The summed E-state index contributed by atoms with van der Waals surface area (Å²) >= 11 is 0. The van der Waals surface area contributed by atoms with Gasteiger partial charge in [-0.25, -0.2) is 0 Å². The van der Waals surface area contributed by atoms with Gasteiger partial charge in [-0.3, -0.25) is 4.79 Å². The quantitative estimate of drug-likeness (QED) is 0.524. The number of piperidine rings is 1. The molecule has 0 saturated carbocycles. The summed E-state index contributed by atoms with van der Waals surface area (Å²) in [5.41, 5.74) is 0. The fourth-order valence-corrected chi connectivity index (χ4v) is 1.28. The highest BCUT2D eigenvalue weighted by molar-refractivity contribution is 5.82. The molecule has 3 N–H and O–H groups in total. The molecule has 0 aromatic heterocycles. The number of carbonyl (C=O) groups is 1. The number of aliphatic hydroxyl groups excluding tert-OH is 1. The lowest BCUT2D eigenvalue weighted by Gasteiger charge is -2.23. The minimum absolute atomic E-state index is 0.0573. The van der Waals surface area contributed by atoms with E-state index in [-0.39, 0.29) is 18.1 Å². The van der Waals surface area contributed by atoms with Crippen molar-refractivity contribution >= 4 is 5.91 Å². The zero-order valence-corrected chi connectivity index (χ0v) is 7.34. The van der Waals surface area contributed by atoms with Gasteiger partial charge in [-0.05, 0) is 19.8 Å². The molecule has 70 valence electrons. The van der Waals surface area contributed by atoms with Crippen LogP contribution in [0, 0.1) is 0 Å². The summed E-state index contributed by atoms with van der Waals surface area (Å²) in [4.78, 5) is 11.2. The lowest BCUT2D eigenvalue weighted by Crippen LogP contribution is -2.49. The molecule has 0 radical (unpaired) electrons. The van der Waals surface area contributed by atoms with E-state index in [1.54, 1.807) is 6.92 Å². The molecular weight excluding hydrogens is 156 g/mol. The molecule has 0 aliphatic carbocycles. The van der Waals surface area contributed by atoms with E-state index in [9.17, 15) is 4.79 Å². The number of nitrogens with one attached hydrogen (secondary N) is 2. The molecule has 0 bridgehead atoms. The highest BCUT2D eigenvalue weighted by Crippen LogP contribution is 2.02. The van der Waals surface area contributed by atoms with Crippen LogP contribution in [0.5, 0.6) is 0 Å². The zero-order chi connectivity index (χ0) is 8.97. The Morgan fingerprint density at radius 3 is 3.17 bits per heavy atom. The smallest absolute Gasteiger partial charge is 0.237 e. The van der Waals surface area contributed by atoms with Gasteiger partial charge >= 0.3 is 0 Å². The fourth-order valence-electron chi connectivity index (χ4n) is 1.28. The Morgan fingerprint density at radius 2 is 2.58 bits per heavy atom. The van der Waals surface area contributed by atoms with Crippen molar-refractivity contribution in [3.05, 3.63) is 0 Å². The van der Waals surface area contributed by atoms with E-state index in [2.05, 4.69) is 10.6 Å². The fraction of sp³-hybridized carbons (Fsp3) is 0.875. The van der Waals surface area contributed by atoms with Crippen LogP contribution in [-0.2, 0) is 4.79 Å². The summed E-state index contributed by atoms with van der Waals surface area (Å²) in [5.74, 6) is 0.0573. The number of aliphatic hydroxyl groups is 1. The molecule has 1 aliphatic rings. The van der Waals surface area contributed by atoms with Crippen molar-refractivity contribution in [1.82, 2.24) is 10.6 Å². The number of amides is 1. The minimum atomic E-state index is -0.389. The number of hydrogen-bond acceptors (Lipinski definition) is 3. The third-order valence-corrected chi connectivity index (χ3v) is 1.94. The van der Waals surface area contributed by atoms with Crippen LogP contribution in [-0.4, -0.2) is 36.2 Å². The summed E-state index contributed by atoms with van der Waals surface area (Å²) in [6, 6.07) is -0.103. The van der Waals surface area contributed by atoms with Gasteiger partial charge in [0.15, 0.2) is 0 Å². The maximum absolute atomic E-state index is 11.2. The number of hydrogen-bond donors (Lipinski definition) is 3. The van der Waals surface area contributed by atoms with Crippen molar-refractivity contribution in [2.24, 2.45) is 0 Å². The molecule has 2 atom stereocenters. The Hall–Kier alpha value is -0.610. The summed E-state index contributed by atoms with van der Waals surface area (Å²) < 4.78 is 0. The van der Waals surface area contributed by atoms with E-state index in [1.165, 1.54) is 0 Å². The van der Waals surface area contributed by atoms with Crippen LogP contribution < -0.4 is 10.6 Å². The van der Waals surface area contributed by atoms with Crippen LogP contribution in [0.3, 0.4) is 0 Å². The SMILES string of the molecule is CC(O)CNC1CCCNC1=O. The molecular formula is C8H16N2O2. The molecule has 1 amide bonds. The molecule has 1 saturated heterocycles. The topological polar surface area (TPSA) is 61.4 Å². The average Bonchev–Trinajstić information content (AvgIpc) is 2.03. The van der Waals surface area contributed by atoms with Gasteiger partial charge in [-0.15, -0.1) is 0 Å². The maximum atomic E-state index is 11.2. The highest BCUT2D eigenvalue weighted by atomic mass is 16.3. The van der Waals surface area contributed by atoms with Gasteiger partial charge in [0, 0.05) is 13.1 Å². The summed E-state index contributed by atoms with van der Waals surface area (Å²) in [5, 5.41) is 14.8. The van der Waals surface area contributed by atoms with Gasteiger partial charge in [0.25, 0.3) is 0 Å². The summed E-state index contributed by atoms with van der Waals surface area (Å²) in [6.45, 7) is 2.97. The first-order valence-corrected chi connectivity index (χ1v) is 4.39. The van der Waals surface area contributed by atoms with Crippen LogP contribution in [0.15, 0.2) is 0 Å². The molecule has 1 aliphatic heterocycles. The Morgan fingerprint density at radius 1 is 1.83 bits per heavy atom. The molecule has 4 heteroatoms. The van der Waals surface area contributed by atoms with Gasteiger partial charge in [0.05, 0.1) is 12.1 Å². The Labute approximate surface area is 72.3 Å². The van der Waals surface area contributed by atoms with Crippen LogP contribution in [0.2, 0.25) is 0 Å². The van der Waals surface area contributed by atoms with Crippen molar-refractivity contribution in [1.29, 1.82) is 0 Å². The summed E-state index contributed by atoms with van der Waals surface area (Å²) in [7, 11) is 0. The maximum Gasteiger partial charge on any atom is 0.237 e. The van der Waals surface area contributed by atoms with E-state index in [1.807, 2.05) is 0 Å². The molecule has 1 fully saturated rings. The van der Waals surface area contributed by atoms with Crippen LogP contribution in [0.4, 0.5) is 0 Å². The van der Waals surface area contributed by atoms with Crippen molar-refractivity contribution < 1.29 is 9.90 Å². The van der Waals surface area contributed by atoms with Crippen molar-refractivity contribution in [3.63, 3.8) is 0 Å². The Kier molecular flexibility index (Phi) is 3.49. The molecule has 4 nitrogen and oxygen atoms in total.